The number of rotatable bonds is 4. The zero-order valence-corrected chi connectivity index (χ0v) is 10.7. The molecule has 1 heterocycles. The first-order chi connectivity index (χ1) is 9.31. The SMILES string of the molecule is NCCN(C(=O)c1cccc2cccnc12)C1CC1. The highest BCUT2D eigenvalue weighted by molar-refractivity contribution is 6.05. The van der Waals surface area contributed by atoms with E-state index in [0.29, 0.717) is 24.7 Å². The molecule has 0 radical (unpaired) electrons. The quantitative estimate of drug-likeness (QED) is 0.906. The van der Waals surface area contributed by atoms with Crippen molar-refractivity contribution in [3.63, 3.8) is 0 Å². The predicted octanol–water partition coefficient (Wildman–Crippen LogP) is 1.80. The van der Waals surface area contributed by atoms with Crippen molar-refractivity contribution in [1.29, 1.82) is 0 Å². The highest BCUT2D eigenvalue weighted by Crippen LogP contribution is 2.29. The minimum absolute atomic E-state index is 0.0530. The summed E-state index contributed by atoms with van der Waals surface area (Å²) in [5.41, 5.74) is 7.07. The molecule has 2 N–H and O–H groups in total. The lowest BCUT2D eigenvalue weighted by Gasteiger charge is -2.22. The monoisotopic (exact) mass is 255 g/mol. The summed E-state index contributed by atoms with van der Waals surface area (Å²) in [7, 11) is 0. The minimum atomic E-state index is 0.0530. The van der Waals surface area contributed by atoms with Gasteiger partial charge in [0.1, 0.15) is 0 Å². The van der Waals surface area contributed by atoms with E-state index in [-0.39, 0.29) is 5.91 Å². The Kier molecular flexibility index (Phi) is 3.17. The number of carbonyl (C=O) groups excluding carboxylic acids is 1. The molecule has 1 aliphatic rings. The summed E-state index contributed by atoms with van der Waals surface area (Å²) < 4.78 is 0. The first kappa shape index (κ1) is 12.1. The molecule has 0 aliphatic heterocycles. The Bertz CT molecular complexity index is 602. The first-order valence-corrected chi connectivity index (χ1v) is 6.66. The van der Waals surface area contributed by atoms with Crippen LogP contribution in [-0.2, 0) is 0 Å². The molecular weight excluding hydrogens is 238 g/mol. The average Bonchev–Trinajstić information content (AvgIpc) is 3.28. The maximum atomic E-state index is 12.7. The molecule has 1 aromatic carbocycles. The highest BCUT2D eigenvalue weighted by atomic mass is 16.2. The number of para-hydroxylation sites is 1. The number of hydrogen-bond donors (Lipinski definition) is 1. The number of nitrogens with two attached hydrogens (primary N) is 1. The fourth-order valence-corrected chi connectivity index (χ4v) is 2.41. The van der Waals surface area contributed by atoms with Crippen LogP contribution in [0, 0.1) is 0 Å². The van der Waals surface area contributed by atoms with Gasteiger partial charge < -0.3 is 10.6 Å². The lowest BCUT2D eigenvalue weighted by molar-refractivity contribution is 0.0750. The van der Waals surface area contributed by atoms with Gasteiger partial charge >= 0.3 is 0 Å². The summed E-state index contributed by atoms with van der Waals surface area (Å²) in [4.78, 5) is 18.9. The van der Waals surface area contributed by atoms with Crippen molar-refractivity contribution < 1.29 is 4.79 Å². The van der Waals surface area contributed by atoms with E-state index in [1.165, 1.54) is 0 Å². The van der Waals surface area contributed by atoms with Crippen LogP contribution in [-0.4, -0.2) is 34.9 Å². The Morgan fingerprint density at radius 1 is 1.32 bits per heavy atom. The molecule has 1 saturated carbocycles. The molecule has 0 spiro atoms. The van der Waals surface area contributed by atoms with Gasteiger partial charge in [0.15, 0.2) is 0 Å². The Hall–Kier alpha value is -1.94. The zero-order chi connectivity index (χ0) is 13.2. The van der Waals surface area contributed by atoms with Crippen LogP contribution in [0.5, 0.6) is 0 Å². The van der Waals surface area contributed by atoms with Crippen molar-refractivity contribution in [1.82, 2.24) is 9.88 Å². The smallest absolute Gasteiger partial charge is 0.256 e. The molecule has 0 unspecified atom stereocenters. The van der Waals surface area contributed by atoms with E-state index in [9.17, 15) is 4.79 Å². The van der Waals surface area contributed by atoms with Crippen molar-refractivity contribution in [3.8, 4) is 0 Å². The van der Waals surface area contributed by atoms with E-state index in [1.54, 1.807) is 6.20 Å². The Morgan fingerprint density at radius 3 is 2.84 bits per heavy atom. The number of amides is 1. The summed E-state index contributed by atoms with van der Waals surface area (Å²) in [5, 5.41) is 0.997. The van der Waals surface area contributed by atoms with Gasteiger partial charge in [-0.25, -0.2) is 0 Å². The molecule has 0 bridgehead atoms. The van der Waals surface area contributed by atoms with Crippen LogP contribution in [0.1, 0.15) is 23.2 Å². The number of hydrogen-bond acceptors (Lipinski definition) is 3. The van der Waals surface area contributed by atoms with Gasteiger partial charge in [0, 0.05) is 30.7 Å². The number of pyridine rings is 1. The molecule has 2 aromatic rings. The summed E-state index contributed by atoms with van der Waals surface area (Å²) >= 11 is 0. The van der Waals surface area contributed by atoms with E-state index in [4.69, 9.17) is 5.73 Å². The van der Waals surface area contributed by atoms with Gasteiger partial charge in [-0.05, 0) is 25.0 Å². The van der Waals surface area contributed by atoms with Gasteiger partial charge in [-0.3, -0.25) is 9.78 Å². The van der Waals surface area contributed by atoms with Crippen molar-refractivity contribution >= 4 is 16.8 Å². The third-order valence-electron chi connectivity index (χ3n) is 3.48. The third kappa shape index (κ3) is 2.31. The molecule has 1 fully saturated rings. The van der Waals surface area contributed by atoms with Gasteiger partial charge in [0.25, 0.3) is 5.91 Å². The summed E-state index contributed by atoms with van der Waals surface area (Å²) in [6.45, 7) is 1.12. The van der Waals surface area contributed by atoms with Gasteiger partial charge in [0.2, 0.25) is 0 Å². The number of nitrogens with zero attached hydrogens (tertiary/aromatic N) is 2. The topological polar surface area (TPSA) is 59.2 Å². The van der Waals surface area contributed by atoms with E-state index in [2.05, 4.69) is 4.98 Å². The number of fused-ring (bicyclic) bond motifs is 1. The van der Waals surface area contributed by atoms with Crippen LogP contribution in [0.25, 0.3) is 10.9 Å². The van der Waals surface area contributed by atoms with Crippen molar-refractivity contribution in [2.75, 3.05) is 13.1 Å². The zero-order valence-electron chi connectivity index (χ0n) is 10.7. The average molecular weight is 255 g/mol. The predicted molar refractivity (Wildman–Crippen MR) is 74.9 cm³/mol. The molecule has 1 amide bonds. The third-order valence-corrected chi connectivity index (χ3v) is 3.48. The fourth-order valence-electron chi connectivity index (χ4n) is 2.41. The van der Waals surface area contributed by atoms with Gasteiger partial charge in [-0.15, -0.1) is 0 Å². The van der Waals surface area contributed by atoms with E-state index >= 15 is 0 Å². The molecule has 98 valence electrons. The lowest BCUT2D eigenvalue weighted by atomic mass is 10.1. The minimum Gasteiger partial charge on any atom is -0.334 e. The maximum absolute atomic E-state index is 12.7. The van der Waals surface area contributed by atoms with Crippen LogP contribution in [0.4, 0.5) is 0 Å². The Labute approximate surface area is 112 Å². The van der Waals surface area contributed by atoms with Crippen LogP contribution < -0.4 is 5.73 Å². The molecule has 0 saturated heterocycles. The molecule has 4 nitrogen and oxygen atoms in total. The second kappa shape index (κ2) is 4.97. The maximum Gasteiger partial charge on any atom is 0.256 e. The second-order valence-electron chi connectivity index (χ2n) is 4.90. The van der Waals surface area contributed by atoms with Crippen molar-refractivity contribution in [3.05, 3.63) is 42.1 Å². The van der Waals surface area contributed by atoms with Crippen molar-refractivity contribution in [2.45, 2.75) is 18.9 Å². The van der Waals surface area contributed by atoms with Crippen LogP contribution in [0.15, 0.2) is 36.5 Å². The Balaban J connectivity index is 2.00. The van der Waals surface area contributed by atoms with E-state index < -0.39 is 0 Å². The molecule has 19 heavy (non-hydrogen) atoms. The van der Waals surface area contributed by atoms with E-state index in [0.717, 1.165) is 23.7 Å². The van der Waals surface area contributed by atoms with Crippen LogP contribution in [0.2, 0.25) is 0 Å². The molecule has 3 rings (SSSR count). The fraction of sp³-hybridized carbons (Fsp3) is 0.333. The lowest BCUT2D eigenvalue weighted by Crippen LogP contribution is -2.37. The molecular formula is C15H17N3O. The highest BCUT2D eigenvalue weighted by Gasteiger charge is 2.33. The normalized spacial score (nSPS) is 14.6. The Morgan fingerprint density at radius 2 is 2.11 bits per heavy atom. The first-order valence-electron chi connectivity index (χ1n) is 6.66. The van der Waals surface area contributed by atoms with Gasteiger partial charge in [0.05, 0.1) is 11.1 Å². The second-order valence-corrected chi connectivity index (χ2v) is 4.90. The van der Waals surface area contributed by atoms with Gasteiger partial charge in [-0.1, -0.05) is 18.2 Å². The molecule has 4 heteroatoms. The molecule has 0 atom stereocenters. The summed E-state index contributed by atoms with van der Waals surface area (Å²) in [5.74, 6) is 0.0530. The number of carbonyl (C=O) groups is 1. The standard InChI is InChI=1S/C15H17N3O/c16-8-10-18(12-6-7-12)15(19)13-5-1-3-11-4-2-9-17-14(11)13/h1-5,9,12H,6-8,10,16H2. The molecule has 1 aromatic heterocycles. The number of benzene rings is 1. The van der Waals surface area contributed by atoms with Crippen molar-refractivity contribution in [2.24, 2.45) is 5.73 Å². The summed E-state index contributed by atoms with van der Waals surface area (Å²) in [6.07, 6.45) is 3.90. The number of aromatic nitrogens is 1. The van der Waals surface area contributed by atoms with E-state index in [1.807, 2.05) is 35.2 Å². The van der Waals surface area contributed by atoms with Crippen LogP contribution >= 0.6 is 0 Å². The van der Waals surface area contributed by atoms with Crippen LogP contribution in [0.3, 0.4) is 0 Å². The largest absolute Gasteiger partial charge is 0.334 e. The molecule has 1 aliphatic carbocycles. The summed E-state index contributed by atoms with van der Waals surface area (Å²) in [6, 6.07) is 9.96. The van der Waals surface area contributed by atoms with Gasteiger partial charge in [-0.2, -0.15) is 0 Å².